The van der Waals surface area contributed by atoms with E-state index < -0.39 is 11.4 Å². The van der Waals surface area contributed by atoms with Crippen molar-refractivity contribution in [3.8, 4) is 5.69 Å². The molecule has 0 aliphatic carbocycles. The van der Waals surface area contributed by atoms with E-state index in [0.29, 0.717) is 17.8 Å². The molecule has 0 aliphatic heterocycles. The van der Waals surface area contributed by atoms with Crippen LogP contribution in [0.25, 0.3) is 11.3 Å². The second-order valence-corrected chi connectivity index (χ2v) is 5.11. The van der Waals surface area contributed by atoms with Crippen molar-refractivity contribution in [1.82, 2.24) is 18.7 Å². The highest BCUT2D eigenvalue weighted by molar-refractivity contribution is 5.41. The van der Waals surface area contributed by atoms with Crippen molar-refractivity contribution in [2.45, 2.75) is 26.8 Å². The minimum absolute atomic E-state index is 0.0296. The van der Waals surface area contributed by atoms with Gasteiger partial charge in [-0.05, 0) is 31.0 Å². The molecule has 2 aromatic heterocycles. The van der Waals surface area contributed by atoms with Gasteiger partial charge in [-0.25, -0.2) is 18.3 Å². The van der Waals surface area contributed by atoms with Crippen LogP contribution in [0.5, 0.6) is 0 Å². The van der Waals surface area contributed by atoms with E-state index in [1.807, 2.05) is 6.92 Å². The molecule has 0 fully saturated rings. The molecule has 114 valence electrons. The smallest absolute Gasteiger partial charge is 0.279 e. The Kier molecular flexibility index (Phi) is 3.40. The van der Waals surface area contributed by atoms with Crippen molar-refractivity contribution in [2.24, 2.45) is 0 Å². The minimum Gasteiger partial charge on any atom is -0.279 e. The van der Waals surface area contributed by atoms with Crippen molar-refractivity contribution in [3.63, 3.8) is 0 Å². The van der Waals surface area contributed by atoms with Gasteiger partial charge in [0.2, 0.25) is 5.65 Å². The maximum atomic E-state index is 13.7. The lowest BCUT2D eigenvalue weighted by Gasteiger charge is -2.06. The molecule has 2 heterocycles. The number of aromatic nitrogens is 4. The second kappa shape index (κ2) is 5.25. The van der Waals surface area contributed by atoms with Crippen molar-refractivity contribution in [3.05, 3.63) is 62.8 Å². The maximum absolute atomic E-state index is 13.7. The van der Waals surface area contributed by atoms with Gasteiger partial charge in [-0.15, -0.1) is 5.10 Å². The van der Waals surface area contributed by atoms with Crippen LogP contribution in [0.3, 0.4) is 0 Å². The molecule has 0 saturated heterocycles. The maximum Gasteiger partial charge on any atom is 0.350 e. The lowest BCUT2D eigenvalue weighted by Crippen LogP contribution is -2.24. The molecule has 1 aromatic carbocycles. The zero-order valence-electron chi connectivity index (χ0n) is 12.3. The lowest BCUT2D eigenvalue weighted by atomic mass is 10.2. The summed E-state index contributed by atoms with van der Waals surface area (Å²) in [4.78, 5) is 24.6. The van der Waals surface area contributed by atoms with Crippen LogP contribution in [0.1, 0.15) is 18.9 Å². The van der Waals surface area contributed by atoms with E-state index in [1.165, 1.54) is 32.1 Å². The lowest BCUT2D eigenvalue weighted by molar-refractivity contribution is 0.582. The summed E-state index contributed by atoms with van der Waals surface area (Å²) in [5, 5.41) is 4.07. The Morgan fingerprint density at radius 2 is 2.00 bits per heavy atom. The predicted octanol–water partition coefficient (Wildman–Crippen LogP) is 1.50. The van der Waals surface area contributed by atoms with Gasteiger partial charge in [0.15, 0.2) is 0 Å². The minimum atomic E-state index is -0.460. The van der Waals surface area contributed by atoms with Gasteiger partial charge in [-0.2, -0.15) is 0 Å². The SMILES string of the molecule is CCCn1nc2c(=O)n(-c3ccc(C)c(F)c3)ccn2c1=O. The first kappa shape index (κ1) is 14.2. The highest BCUT2D eigenvalue weighted by atomic mass is 19.1. The molecule has 0 bridgehead atoms. The van der Waals surface area contributed by atoms with E-state index in [-0.39, 0.29) is 11.3 Å². The standard InChI is InChI=1S/C15H15FN4O2/c1-3-6-20-15(22)19-8-7-18(14(21)13(19)17-20)11-5-4-10(2)12(16)9-11/h4-5,7-9H,3,6H2,1-2H3. The zero-order chi connectivity index (χ0) is 15.9. The number of benzene rings is 1. The third-order valence-electron chi connectivity index (χ3n) is 3.51. The Morgan fingerprint density at radius 1 is 1.23 bits per heavy atom. The first-order valence-corrected chi connectivity index (χ1v) is 7.00. The summed E-state index contributed by atoms with van der Waals surface area (Å²) in [7, 11) is 0. The van der Waals surface area contributed by atoms with E-state index >= 15 is 0 Å². The van der Waals surface area contributed by atoms with Gasteiger partial charge in [0.05, 0.1) is 5.69 Å². The summed E-state index contributed by atoms with van der Waals surface area (Å²) in [6.45, 7) is 4.01. The summed E-state index contributed by atoms with van der Waals surface area (Å²) in [5.74, 6) is -0.391. The topological polar surface area (TPSA) is 61.3 Å². The normalized spacial score (nSPS) is 11.2. The molecule has 0 unspecified atom stereocenters. The van der Waals surface area contributed by atoms with Crippen LogP contribution in [0.4, 0.5) is 4.39 Å². The summed E-state index contributed by atoms with van der Waals surface area (Å²) in [5.41, 5.74) is 0.116. The van der Waals surface area contributed by atoms with Gasteiger partial charge in [-0.3, -0.25) is 9.36 Å². The predicted molar refractivity (Wildman–Crippen MR) is 80.0 cm³/mol. The average Bonchev–Trinajstić information content (AvgIpc) is 2.81. The quantitative estimate of drug-likeness (QED) is 0.736. The van der Waals surface area contributed by atoms with Gasteiger partial charge < -0.3 is 0 Å². The van der Waals surface area contributed by atoms with Crippen LogP contribution in [0.15, 0.2) is 40.2 Å². The van der Waals surface area contributed by atoms with Gasteiger partial charge in [0.25, 0.3) is 0 Å². The summed E-state index contributed by atoms with van der Waals surface area (Å²) in [6, 6.07) is 4.54. The number of fused-ring (bicyclic) bond motifs is 1. The monoisotopic (exact) mass is 302 g/mol. The molecule has 22 heavy (non-hydrogen) atoms. The summed E-state index contributed by atoms with van der Waals surface area (Å²) in [6.07, 6.45) is 3.65. The number of hydrogen-bond donors (Lipinski definition) is 0. The van der Waals surface area contributed by atoms with Gasteiger partial charge >= 0.3 is 11.2 Å². The molecule has 0 amide bonds. The van der Waals surface area contributed by atoms with Crippen molar-refractivity contribution in [1.29, 1.82) is 0 Å². The van der Waals surface area contributed by atoms with E-state index in [2.05, 4.69) is 5.10 Å². The Hall–Kier alpha value is -2.70. The van der Waals surface area contributed by atoms with E-state index in [4.69, 9.17) is 0 Å². The Morgan fingerprint density at radius 3 is 2.68 bits per heavy atom. The molecule has 3 aromatic rings. The third-order valence-corrected chi connectivity index (χ3v) is 3.51. The molecule has 0 spiro atoms. The molecular weight excluding hydrogens is 287 g/mol. The van der Waals surface area contributed by atoms with Crippen LogP contribution in [0.2, 0.25) is 0 Å². The highest BCUT2D eigenvalue weighted by Crippen LogP contribution is 2.12. The van der Waals surface area contributed by atoms with Crippen molar-refractivity contribution >= 4 is 5.65 Å². The summed E-state index contributed by atoms with van der Waals surface area (Å²) < 4.78 is 17.4. The number of aryl methyl sites for hydroxylation is 2. The first-order chi connectivity index (χ1) is 10.5. The highest BCUT2D eigenvalue weighted by Gasteiger charge is 2.12. The summed E-state index contributed by atoms with van der Waals surface area (Å²) >= 11 is 0. The van der Waals surface area contributed by atoms with E-state index in [0.717, 1.165) is 6.42 Å². The Bertz CT molecular complexity index is 968. The average molecular weight is 302 g/mol. The van der Waals surface area contributed by atoms with Crippen LogP contribution < -0.4 is 11.2 Å². The van der Waals surface area contributed by atoms with E-state index in [1.54, 1.807) is 19.1 Å². The van der Waals surface area contributed by atoms with Crippen molar-refractivity contribution in [2.75, 3.05) is 0 Å². The zero-order valence-corrected chi connectivity index (χ0v) is 12.3. The van der Waals surface area contributed by atoms with Crippen LogP contribution in [-0.4, -0.2) is 18.7 Å². The largest absolute Gasteiger partial charge is 0.350 e. The number of halogens is 1. The third kappa shape index (κ3) is 2.14. The molecule has 0 radical (unpaired) electrons. The van der Waals surface area contributed by atoms with Gasteiger partial charge in [0.1, 0.15) is 5.82 Å². The van der Waals surface area contributed by atoms with Crippen LogP contribution in [0, 0.1) is 12.7 Å². The van der Waals surface area contributed by atoms with Crippen LogP contribution >= 0.6 is 0 Å². The molecule has 3 rings (SSSR count). The fraction of sp³-hybridized carbons (Fsp3) is 0.267. The molecule has 0 atom stereocenters. The Labute approximate surface area is 125 Å². The van der Waals surface area contributed by atoms with Crippen LogP contribution in [-0.2, 0) is 6.54 Å². The second-order valence-electron chi connectivity index (χ2n) is 5.11. The molecule has 0 saturated carbocycles. The molecule has 0 aliphatic rings. The number of hydrogen-bond acceptors (Lipinski definition) is 3. The van der Waals surface area contributed by atoms with Gasteiger partial charge in [0, 0.05) is 18.9 Å². The Balaban J connectivity index is 2.24. The molecule has 0 N–H and O–H groups in total. The number of nitrogens with zero attached hydrogens (tertiary/aromatic N) is 4. The fourth-order valence-corrected chi connectivity index (χ4v) is 2.30. The fourth-order valence-electron chi connectivity index (χ4n) is 2.30. The molecule has 6 nitrogen and oxygen atoms in total. The molecular formula is C15H15FN4O2. The number of rotatable bonds is 3. The first-order valence-electron chi connectivity index (χ1n) is 7.00. The van der Waals surface area contributed by atoms with Crippen molar-refractivity contribution < 1.29 is 4.39 Å². The van der Waals surface area contributed by atoms with E-state index in [9.17, 15) is 14.0 Å². The molecule has 7 heteroatoms. The van der Waals surface area contributed by atoms with Gasteiger partial charge in [-0.1, -0.05) is 13.0 Å².